The fourth-order valence-electron chi connectivity index (χ4n) is 7.67. The highest BCUT2D eigenvalue weighted by Gasteiger charge is 2.44. The zero-order valence-corrected chi connectivity index (χ0v) is 30.2. The third-order valence-electron chi connectivity index (χ3n) is 9.79. The van der Waals surface area contributed by atoms with Gasteiger partial charge in [-0.15, -0.1) is 0 Å². The number of carbonyl (C=O) groups excluding carboxylic acids is 3. The number of amides is 3. The second kappa shape index (κ2) is 13.4. The molecule has 0 radical (unpaired) electrons. The van der Waals surface area contributed by atoms with E-state index in [-0.39, 0.29) is 17.2 Å². The van der Waals surface area contributed by atoms with Crippen molar-refractivity contribution in [1.82, 2.24) is 15.3 Å². The second-order valence-electron chi connectivity index (χ2n) is 16.1. The summed E-state index contributed by atoms with van der Waals surface area (Å²) in [6.45, 7) is 14.9. The standard InChI is InChI=1S/C38H49FN6O5/c1-22-26(20-41-28-9-8-14-45(33(22)28)35(48)50-37(5,6)7)25-16-24-17-29(43-30(46)15-23-18-38(19-23)10-12-40-13-11-38)42-21-27(24)32(31(25)39)44-34(47)49-36(2,3)4/h16-17,20-21,23,40H,8-15,18-19H2,1-7H3,(H,44,47)(H,42,43,46). The van der Waals surface area contributed by atoms with Crippen LogP contribution in [0.25, 0.3) is 21.9 Å². The summed E-state index contributed by atoms with van der Waals surface area (Å²) in [4.78, 5) is 50.1. The molecule has 6 rings (SSSR count). The van der Waals surface area contributed by atoms with Gasteiger partial charge in [-0.3, -0.25) is 20.0 Å². The number of pyridine rings is 2. The van der Waals surface area contributed by atoms with E-state index >= 15 is 4.39 Å². The molecule has 268 valence electrons. The summed E-state index contributed by atoms with van der Waals surface area (Å²) in [6, 6.07) is 3.34. The maximum Gasteiger partial charge on any atom is 0.414 e. The summed E-state index contributed by atoms with van der Waals surface area (Å²) in [7, 11) is 0. The molecule has 0 unspecified atom stereocenters. The lowest BCUT2D eigenvalue weighted by Gasteiger charge is -2.50. The summed E-state index contributed by atoms with van der Waals surface area (Å²) in [5.74, 6) is -0.144. The van der Waals surface area contributed by atoms with Crippen molar-refractivity contribution in [2.45, 2.75) is 105 Å². The van der Waals surface area contributed by atoms with Gasteiger partial charge in [0, 0.05) is 41.9 Å². The average molecular weight is 689 g/mol. The first-order valence-corrected chi connectivity index (χ1v) is 17.6. The molecule has 0 bridgehead atoms. The monoisotopic (exact) mass is 688 g/mol. The Morgan fingerprint density at radius 1 is 0.980 bits per heavy atom. The van der Waals surface area contributed by atoms with Crippen LogP contribution >= 0.6 is 0 Å². The van der Waals surface area contributed by atoms with Gasteiger partial charge >= 0.3 is 12.2 Å². The van der Waals surface area contributed by atoms with Crippen LogP contribution in [0.3, 0.4) is 0 Å². The summed E-state index contributed by atoms with van der Waals surface area (Å²) >= 11 is 0. The summed E-state index contributed by atoms with van der Waals surface area (Å²) < 4.78 is 27.9. The number of carbonyl (C=O) groups is 3. The molecule has 1 saturated heterocycles. The molecule has 2 fully saturated rings. The molecule has 1 spiro atoms. The Balaban J connectivity index is 1.35. The molecule has 2 aromatic heterocycles. The summed E-state index contributed by atoms with van der Waals surface area (Å²) in [6.07, 6.45) is 7.98. The van der Waals surface area contributed by atoms with Gasteiger partial charge in [-0.25, -0.2) is 19.0 Å². The number of nitrogens with one attached hydrogen (secondary N) is 3. The lowest BCUT2D eigenvalue weighted by atomic mass is 9.57. The van der Waals surface area contributed by atoms with Crippen LogP contribution in [0.15, 0.2) is 24.5 Å². The van der Waals surface area contributed by atoms with Gasteiger partial charge in [-0.05, 0) is 134 Å². The SMILES string of the molecule is Cc1c(-c2cc3cc(NC(=O)CC4CC5(CCNCC5)C4)ncc3c(NC(=O)OC(C)(C)C)c2F)cnc2c1N(C(=O)OC(C)(C)C)CCC2. The van der Waals surface area contributed by atoms with E-state index in [4.69, 9.17) is 9.47 Å². The third kappa shape index (κ3) is 7.70. The number of halogens is 1. The van der Waals surface area contributed by atoms with Crippen molar-refractivity contribution in [3.05, 3.63) is 41.6 Å². The second-order valence-corrected chi connectivity index (χ2v) is 16.1. The highest BCUT2D eigenvalue weighted by atomic mass is 19.1. The number of piperidine rings is 1. The molecule has 2 aliphatic heterocycles. The summed E-state index contributed by atoms with van der Waals surface area (Å²) in [5.41, 5.74) is 1.33. The number of ether oxygens (including phenoxy) is 2. The Morgan fingerprint density at radius 2 is 1.68 bits per heavy atom. The number of hydrogen-bond acceptors (Lipinski definition) is 8. The molecule has 1 aliphatic carbocycles. The molecule has 3 N–H and O–H groups in total. The fourth-order valence-corrected chi connectivity index (χ4v) is 7.67. The number of rotatable bonds is 5. The van der Waals surface area contributed by atoms with Gasteiger partial charge in [0.05, 0.1) is 17.1 Å². The van der Waals surface area contributed by atoms with Crippen molar-refractivity contribution in [2.24, 2.45) is 11.3 Å². The van der Waals surface area contributed by atoms with Crippen molar-refractivity contribution in [3.8, 4) is 11.1 Å². The van der Waals surface area contributed by atoms with Crippen LogP contribution in [0.4, 0.5) is 31.2 Å². The lowest BCUT2D eigenvalue weighted by Crippen LogP contribution is -2.46. The minimum absolute atomic E-state index is 0.111. The molecule has 3 aliphatic rings. The molecule has 1 aromatic carbocycles. The van der Waals surface area contributed by atoms with Crippen molar-refractivity contribution in [1.29, 1.82) is 0 Å². The van der Waals surface area contributed by atoms with E-state index in [1.54, 1.807) is 44.0 Å². The van der Waals surface area contributed by atoms with Crippen molar-refractivity contribution in [3.63, 3.8) is 0 Å². The van der Waals surface area contributed by atoms with Crippen molar-refractivity contribution < 1.29 is 28.2 Å². The van der Waals surface area contributed by atoms with Gasteiger partial charge in [0.1, 0.15) is 17.0 Å². The van der Waals surface area contributed by atoms with Crippen LogP contribution in [0.5, 0.6) is 0 Å². The Morgan fingerprint density at radius 3 is 2.36 bits per heavy atom. The number of benzene rings is 1. The fraction of sp³-hybridized carbons (Fsp3) is 0.553. The third-order valence-corrected chi connectivity index (χ3v) is 9.79. The van der Waals surface area contributed by atoms with Crippen molar-refractivity contribution >= 4 is 46.1 Å². The van der Waals surface area contributed by atoms with E-state index < -0.39 is 29.2 Å². The van der Waals surface area contributed by atoms with Crippen LogP contribution in [0.1, 0.15) is 91.3 Å². The highest BCUT2D eigenvalue weighted by Crippen LogP contribution is 2.52. The maximum atomic E-state index is 16.7. The number of hydrogen-bond donors (Lipinski definition) is 3. The van der Waals surface area contributed by atoms with Crippen LogP contribution in [0.2, 0.25) is 0 Å². The molecular formula is C38H49FN6O5. The number of anilines is 3. The van der Waals surface area contributed by atoms with Crippen LogP contribution in [-0.4, -0.2) is 58.9 Å². The van der Waals surface area contributed by atoms with E-state index in [0.29, 0.717) is 70.5 Å². The number of aromatic nitrogens is 2. The van der Waals surface area contributed by atoms with Gasteiger partial charge < -0.3 is 20.1 Å². The maximum absolute atomic E-state index is 16.7. The minimum Gasteiger partial charge on any atom is -0.444 e. The largest absolute Gasteiger partial charge is 0.444 e. The van der Waals surface area contributed by atoms with Crippen LogP contribution < -0.4 is 20.9 Å². The van der Waals surface area contributed by atoms with Crippen LogP contribution in [0, 0.1) is 24.1 Å². The Labute approximate surface area is 293 Å². The minimum atomic E-state index is -0.823. The topological polar surface area (TPSA) is 135 Å². The first-order valence-electron chi connectivity index (χ1n) is 17.6. The number of fused-ring (bicyclic) bond motifs is 2. The molecule has 50 heavy (non-hydrogen) atoms. The molecule has 4 heterocycles. The molecular weight excluding hydrogens is 639 g/mol. The van der Waals surface area contributed by atoms with Crippen LogP contribution in [-0.2, 0) is 20.7 Å². The van der Waals surface area contributed by atoms with E-state index in [1.165, 1.54) is 6.20 Å². The number of nitrogens with zero attached hydrogens (tertiary/aromatic N) is 3. The van der Waals surface area contributed by atoms with E-state index in [1.807, 2.05) is 27.7 Å². The van der Waals surface area contributed by atoms with Crippen molar-refractivity contribution in [2.75, 3.05) is 35.2 Å². The molecule has 11 nitrogen and oxygen atoms in total. The van der Waals surface area contributed by atoms with E-state index in [2.05, 4.69) is 25.9 Å². The molecule has 0 atom stereocenters. The van der Waals surface area contributed by atoms with Gasteiger partial charge in [-0.2, -0.15) is 0 Å². The Bertz CT molecular complexity index is 1820. The predicted octanol–water partition coefficient (Wildman–Crippen LogP) is 7.89. The highest BCUT2D eigenvalue weighted by molar-refractivity contribution is 6.05. The van der Waals surface area contributed by atoms with Gasteiger partial charge in [0.15, 0.2) is 5.82 Å². The Hall–Kier alpha value is -4.32. The quantitative estimate of drug-likeness (QED) is 0.246. The normalized spacial score (nSPS) is 17.6. The van der Waals surface area contributed by atoms with Gasteiger partial charge in [0.2, 0.25) is 5.91 Å². The Kier molecular flexibility index (Phi) is 9.53. The zero-order valence-electron chi connectivity index (χ0n) is 30.2. The van der Waals surface area contributed by atoms with E-state index in [9.17, 15) is 14.4 Å². The molecule has 3 aromatic rings. The smallest absolute Gasteiger partial charge is 0.414 e. The molecule has 12 heteroatoms. The zero-order chi connectivity index (χ0) is 36.0. The predicted molar refractivity (Wildman–Crippen MR) is 192 cm³/mol. The van der Waals surface area contributed by atoms with Gasteiger partial charge in [0.25, 0.3) is 0 Å². The average Bonchev–Trinajstić information content (AvgIpc) is 3.00. The first kappa shape index (κ1) is 35.5. The van der Waals surface area contributed by atoms with Gasteiger partial charge in [-0.1, -0.05) is 0 Å². The molecule has 3 amide bonds. The lowest BCUT2D eigenvalue weighted by molar-refractivity contribution is -0.119. The van der Waals surface area contributed by atoms with E-state index in [0.717, 1.165) is 44.5 Å². The number of aryl methyl sites for hydroxylation is 1. The molecule has 1 saturated carbocycles. The first-order chi connectivity index (χ1) is 23.5. The summed E-state index contributed by atoms with van der Waals surface area (Å²) in [5, 5.41) is 9.84.